The van der Waals surface area contributed by atoms with Gasteiger partial charge < -0.3 is 10.1 Å². The van der Waals surface area contributed by atoms with Gasteiger partial charge >= 0.3 is 6.18 Å². The van der Waals surface area contributed by atoms with Gasteiger partial charge in [-0.15, -0.1) is 0 Å². The normalized spacial score (nSPS) is 17.0. The van der Waals surface area contributed by atoms with Crippen LogP contribution >= 0.6 is 11.6 Å². The molecule has 88 valence electrons. The van der Waals surface area contributed by atoms with E-state index in [1.807, 2.05) is 0 Å². The van der Waals surface area contributed by atoms with Gasteiger partial charge in [0, 0.05) is 5.69 Å². The minimum Gasteiger partial charge on any atom is -0.378 e. The summed E-state index contributed by atoms with van der Waals surface area (Å²) in [5.74, 6) is 0. The molecule has 0 unspecified atom stereocenters. The minimum atomic E-state index is -4.43. The number of hydrogen-bond acceptors (Lipinski definition) is 2. The Balaban J connectivity index is 2.20. The van der Waals surface area contributed by atoms with Crippen LogP contribution in [0.5, 0.6) is 0 Å². The fraction of sp³-hybridized carbons (Fsp3) is 0.400. The number of anilines is 1. The average molecular weight is 252 g/mol. The number of hydrogen-bond donors (Lipinski definition) is 1. The summed E-state index contributed by atoms with van der Waals surface area (Å²) in [6.45, 7) is 1.04. The first-order valence-electron chi connectivity index (χ1n) is 4.68. The lowest BCUT2D eigenvalue weighted by molar-refractivity contribution is -0.137. The Morgan fingerprint density at radius 3 is 2.50 bits per heavy atom. The number of rotatable bonds is 2. The molecule has 1 N–H and O–H groups in total. The predicted octanol–water partition coefficient (Wildman–Crippen LogP) is 3.17. The van der Waals surface area contributed by atoms with Crippen molar-refractivity contribution in [2.24, 2.45) is 0 Å². The highest BCUT2D eigenvalue weighted by atomic mass is 35.5. The minimum absolute atomic E-state index is 0.0854. The van der Waals surface area contributed by atoms with Gasteiger partial charge in [-0.05, 0) is 18.2 Å². The van der Waals surface area contributed by atoms with Crippen molar-refractivity contribution in [2.45, 2.75) is 12.2 Å². The van der Waals surface area contributed by atoms with Crippen molar-refractivity contribution in [3.8, 4) is 0 Å². The average Bonchev–Trinajstić information content (AvgIpc) is 2.12. The van der Waals surface area contributed by atoms with E-state index in [4.69, 9.17) is 16.3 Å². The van der Waals surface area contributed by atoms with E-state index in [1.54, 1.807) is 0 Å². The maximum Gasteiger partial charge on any atom is 0.417 e. The molecule has 0 atom stereocenters. The van der Waals surface area contributed by atoms with Gasteiger partial charge in [-0.25, -0.2) is 0 Å². The lowest BCUT2D eigenvalue weighted by atomic mass is 10.1. The number of alkyl halides is 3. The topological polar surface area (TPSA) is 21.3 Å². The largest absolute Gasteiger partial charge is 0.417 e. The molecule has 1 fully saturated rings. The second-order valence-electron chi connectivity index (χ2n) is 3.57. The first kappa shape index (κ1) is 11.5. The van der Waals surface area contributed by atoms with E-state index in [1.165, 1.54) is 12.1 Å². The molecule has 1 aliphatic rings. The molecule has 1 aromatic carbocycles. The van der Waals surface area contributed by atoms with Gasteiger partial charge in [-0.2, -0.15) is 13.2 Å². The monoisotopic (exact) mass is 251 g/mol. The molecular formula is C10H9ClF3NO. The Morgan fingerprint density at radius 2 is 2.00 bits per heavy atom. The molecule has 2 nitrogen and oxygen atoms in total. The number of nitrogens with one attached hydrogen (secondary N) is 1. The highest BCUT2D eigenvalue weighted by Gasteiger charge is 2.33. The van der Waals surface area contributed by atoms with Crippen molar-refractivity contribution >= 4 is 17.3 Å². The number of benzene rings is 1. The number of halogens is 4. The quantitative estimate of drug-likeness (QED) is 0.872. The van der Waals surface area contributed by atoms with E-state index in [9.17, 15) is 13.2 Å². The molecule has 0 radical (unpaired) electrons. The Kier molecular flexibility index (Phi) is 2.99. The van der Waals surface area contributed by atoms with Crippen molar-refractivity contribution in [3.05, 3.63) is 28.8 Å². The smallest absolute Gasteiger partial charge is 0.378 e. The molecule has 0 aromatic heterocycles. The van der Waals surface area contributed by atoms with Crippen LogP contribution in [0, 0.1) is 0 Å². The molecule has 0 aliphatic carbocycles. The molecule has 0 amide bonds. The summed E-state index contributed by atoms with van der Waals surface area (Å²) >= 11 is 5.49. The molecule has 1 saturated heterocycles. The van der Waals surface area contributed by atoms with E-state index < -0.39 is 11.7 Å². The maximum atomic E-state index is 12.5. The van der Waals surface area contributed by atoms with Crippen LogP contribution in [0.3, 0.4) is 0 Å². The molecule has 1 aliphatic heterocycles. The van der Waals surface area contributed by atoms with Crippen LogP contribution < -0.4 is 5.32 Å². The van der Waals surface area contributed by atoms with Crippen LogP contribution in [0.15, 0.2) is 18.2 Å². The number of ether oxygens (including phenoxy) is 1. The van der Waals surface area contributed by atoms with Gasteiger partial charge in [0.25, 0.3) is 0 Å². The standard InChI is InChI=1S/C10H9ClF3NO/c11-9-2-1-6(15-7-4-16-5-7)3-8(9)10(12,13)14/h1-3,7,15H,4-5H2. The van der Waals surface area contributed by atoms with E-state index >= 15 is 0 Å². The summed E-state index contributed by atoms with van der Waals surface area (Å²) < 4.78 is 42.5. The summed E-state index contributed by atoms with van der Waals surface area (Å²) in [7, 11) is 0. The van der Waals surface area contributed by atoms with E-state index in [2.05, 4.69) is 5.32 Å². The molecule has 2 rings (SSSR count). The predicted molar refractivity (Wildman–Crippen MR) is 54.7 cm³/mol. The van der Waals surface area contributed by atoms with Crippen LogP contribution in [0.1, 0.15) is 5.56 Å². The summed E-state index contributed by atoms with van der Waals surface area (Å²) in [6, 6.07) is 3.87. The third-order valence-electron chi connectivity index (χ3n) is 2.28. The molecule has 16 heavy (non-hydrogen) atoms. The second kappa shape index (κ2) is 4.14. The van der Waals surface area contributed by atoms with Crippen LogP contribution in [-0.4, -0.2) is 19.3 Å². The van der Waals surface area contributed by atoms with Crippen LogP contribution in [0.2, 0.25) is 5.02 Å². The van der Waals surface area contributed by atoms with Crippen LogP contribution in [-0.2, 0) is 10.9 Å². The Labute approximate surface area is 95.3 Å². The van der Waals surface area contributed by atoms with Crippen LogP contribution in [0.4, 0.5) is 18.9 Å². The summed E-state index contributed by atoms with van der Waals surface area (Å²) in [4.78, 5) is 0. The molecule has 0 spiro atoms. The van der Waals surface area contributed by atoms with E-state index in [0.29, 0.717) is 18.9 Å². The summed E-state index contributed by atoms with van der Waals surface area (Å²) in [5.41, 5.74) is -0.413. The van der Waals surface area contributed by atoms with Gasteiger partial charge in [0.1, 0.15) is 0 Å². The van der Waals surface area contributed by atoms with Gasteiger partial charge in [-0.3, -0.25) is 0 Å². The zero-order valence-corrected chi connectivity index (χ0v) is 8.90. The molecule has 1 aromatic rings. The summed E-state index contributed by atoms with van der Waals surface area (Å²) in [6.07, 6.45) is -4.43. The van der Waals surface area contributed by atoms with Gasteiger partial charge in [0.2, 0.25) is 0 Å². The van der Waals surface area contributed by atoms with E-state index in [0.717, 1.165) is 6.07 Å². The van der Waals surface area contributed by atoms with Gasteiger partial charge in [-0.1, -0.05) is 11.6 Å². The van der Waals surface area contributed by atoms with Crippen molar-refractivity contribution in [1.29, 1.82) is 0 Å². The fourth-order valence-corrected chi connectivity index (χ4v) is 1.61. The maximum absolute atomic E-state index is 12.5. The van der Waals surface area contributed by atoms with Gasteiger partial charge in [0.15, 0.2) is 0 Å². The Bertz CT molecular complexity index is 390. The Morgan fingerprint density at radius 1 is 1.31 bits per heavy atom. The van der Waals surface area contributed by atoms with Crippen molar-refractivity contribution in [2.75, 3.05) is 18.5 Å². The Hall–Kier alpha value is -0.940. The van der Waals surface area contributed by atoms with Gasteiger partial charge in [0.05, 0.1) is 29.8 Å². The summed E-state index contributed by atoms with van der Waals surface area (Å²) in [5, 5.41) is 2.65. The third-order valence-corrected chi connectivity index (χ3v) is 2.61. The molecule has 1 heterocycles. The first-order chi connectivity index (χ1) is 7.47. The highest BCUT2D eigenvalue weighted by molar-refractivity contribution is 6.31. The van der Waals surface area contributed by atoms with Crippen LogP contribution in [0.25, 0.3) is 0 Å². The molecule has 6 heteroatoms. The molecule has 0 saturated carbocycles. The fourth-order valence-electron chi connectivity index (χ4n) is 1.39. The van der Waals surface area contributed by atoms with Crippen molar-refractivity contribution in [3.63, 3.8) is 0 Å². The van der Waals surface area contributed by atoms with E-state index in [-0.39, 0.29) is 11.1 Å². The van der Waals surface area contributed by atoms with Crippen molar-refractivity contribution < 1.29 is 17.9 Å². The highest BCUT2D eigenvalue weighted by Crippen LogP contribution is 2.36. The molecular weight excluding hydrogens is 243 g/mol. The lowest BCUT2D eigenvalue weighted by Gasteiger charge is -2.28. The zero-order valence-electron chi connectivity index (χ0n) is 8.14. The SMILES string of the molecule is FC(F)(F)c1cc(NC2COC2)ccc1Cl. The zero-order chi connectivity index (χ0) is 11.8. The van der Waals surface area contributed by atoms with Crippen molar-refractivity contribution in [1.82, 2.24) is 0 Å². The second-order valence-corrected chi connectivity index (χ2v) is 3.98. The molecule has 0 bridgehead atoms. The lowest BCUT2D eigenvalue weighted by Crippen LogP contribution is -2.40. The first-order valence-corrected chi connectivity index (χ1v) is 5.05. The third kappa shape index (κ3) is 2.41.